The maximum atomic E-state index is 12.5. The minimum atomic E-state index is -0.246. The first kappa shape index (κ1) is 20.2. The normalized spacial score (nSPS) is 10.3. The summed E-state index contributed by atoms with van der Waals surface area (Å²) in [6, 6.07) is 17.3. The molecule has 1 amide bonds. The Morgan fingerprint density at radius 1 is 0.897 bits per heavy atom. The monoisotopic (exact) mass is 391 g/mol. The maximum Gasteiger partial charge on any atom is 0.270 e. The topological polar surface area (TPSA) is 72.5 Å². The van der Waals surface area contributed by atoms with Gasteiger partial charge in [0.25, 0.3) is 5.91 Å². The third kappa shape index (κ3) is 5.25. The lowest BCUT2D eigenvalue weighted by atomic mass is 10.1. The minimum Gasteiger partial charge on any atom is -0.493 e. The third-order valence-electron chi connectivity index (χ3n) is 4.54. The third-order valence-corrected chi connectivity index (χ3v) is 4.54. The number of ether oxygens (including phenoxy) is 2. The number of carbonyl (C=O) groups excluding carboxylic acids is 1. The molecule has 0 bridgehead atoms. The molecule has 2 N–H and O–H groups in total. The molecular weight excluding hydrogens is 366 g/mol. The Hall–Kier alpha value is -3.54. The predicted molar refractivity (Wildman–Crippen MR) is 114 cm³/mol. The molecule has 6 nitrogen and oxygen atoms in total. The van der Waals surface area contributed by atoms with Crippen LogP contribution in [0, 0.1) is 0 Å². The molecule has 0 saturated carbocycles. The van der Waals surface area contributed by atoms with Crippen molar-refractivity contribution in [3.05, 3.63) is 77.6 Å². The van der Waals surface area contributed by atoms with E-state index in [0.717, 1.165) is 23.4 Å². The van der Waals surface area contributed by atoms with Crippen LogP contribution in [0.4, 0.5) is 11.4 Å². The highest BCUT2D eigenvalue weighted by atomic mass is 16.5. The summed E-state index contributed by atoms with van der Waals surface area (Å²) in [7, 11) is 3.17. The summed E-state index contributed by atoms with van der Waals surface area (Å²) in [4.78, 5) is 16.7. The molecule has 0 unspecified atom stereocenters. The van der Waals surface area contributed by atoms with Crippen molar-refractivity contribution in [3.8, 4) is 11.5 Å². The number of hydrogen-bond acceptors (Lipinski definition) is 5. The van der Waals surface area contributed by atoms with Crippen molar-refractivity contribution < 1.29 is 14.3 Å². The van der Waals surface area contributed by atoms with Gasteiger partial charge in [-0.1, -0.05) is 25.1 Å². The quantitative estimate of drug-likeness (QED) is 0.598. The number of methoxy groups -OCH3 is 2. The van der Waals surface area contributed by atoms with Crippen LogP contribution < -0.4 is 20.1 Å². The van der Waals surface area contributed by atoms with Crippen LogP contribution in [0.5, 0.6) is 11.5 Å². The van der Waals surface area contributed by atoms with Crippen LogP contribution in [-0.2, 0) is 13.0 Å². The first-order valence-corrected chi connectivity index (χ1v) is 9.44. The summed E-state index contributed by atoms with van der Waals surface area (Å²) in [5.74, 6) is 1.03. The van der Waals surface area contributed by atoms with E-state index in [1.807, 2.05) is 36.4 Å². The van der Waals surface area contributed by atoms with Crippen molar-refractivity contribution in [1.29, 1.82) is 0 Å². The van der Waals surface area contributed by atoms with E-state index >= 15 is 0 Å². The van der Waals surface area contributed by atoms with Gasteiger partial charge in [0.05, 0.1) is 14.2 Å². The predicted octanol–water partition coefficient (Wildman–Crippen LogP) is 4.33. The fourth-order valence-electron chi connectivity index (χ4n) is 2.89. The number of carbonyl (C=O) groups is 1. The molecule has 0 aliphatic carbocycles. The fraction of sp³-hybridized carbons (Fsp3) is 0.217. The summed E-state index contributed by atoms with van der Waals surface area (Å²) in [6.07, 6.45) is 2.62. The molecule has 3 rings (SSSR count). The van der Waals surface area contributed by atoms with E-state index in [1.165, 1.54) is 5.56 Å². The average Bonchev–Trinajstić information content (AvgIpc) is 2.78. The number of nitrogens with zero attached hydrogens (tertiary/aromatic N) is 1. The minimum absolute atomic E-state index is 0.246. The van der Waals surface area contributed by atoms with Gasteiger partial charge in [0.2, 0.25) is 0 Å². The van der Waals surface area contributed by atoms with Gasteiger partial charge in [-0.2, -0.15) is 0 Å². The number of amides is 1. The number of aromatic nitrogens is 1. The Bertz CT molecular complexity index is 971. The summed E-state index contributed by atoms with van der Waals surface area (Å²) < 4.78 is 10.5. The molecule has 0 aliphatic rings. The second-order valence-electron chi connectivity index (χ2n) is 6.48. The van der Waals surface area contributed by atoms with E-state index in [0.29, 0.717) is 23.7 Å². The van der Waals surface area contributed by atoms with Crippen molar-refractivity contribution in [2.75, 3.05) is 19.5 Å². The van der Waals surface area contributed by atoms with Crippen LogP contribution in [0.1, 0.15) is 28.5 Å². The Morgan fingerprint density at radius 2 is 1.62 bits per heavy atom. The smallest absolute Gasteiger partial charge is 0.270 e. The van der Waals surface area contributed by atoms with Gasteiger partial charge in [0.15, 0.2) is 11.5 Å². The molecule has 3 aromatic rings. The highest BCUT2D eigenvalue weighted by Crippen LogP contribution is 2.27. The number of anilines is 2. The zero-order valence-corrected chi connectivity index (χ0v) is 16.9. The number of aryl methyl sites for hydroxylation is 1. The zero-order chi connectivity index (χ0) is 20.6. The van der Waals surface area contributed by atoms with E-state index in [2.05, 4.69) is 34.7 Å². The van der Waals surface area contributed by atoms with E-state index in [-0.39, 0.29) is 5.91 Å². The molecule has 29 heavy (non-hydrogen) atoms. The molecule has 0 fully saturated rings. The maximum absolute atomic E-state index is 12.5. The number of nitrogens with one attached hydrogen (secondary N) is 2. The standard InChI is InChI=1S/C23H25N3O3/c1-4-16-5-8-18(9-6-16)26-19-11-12-24-20(14-19)23(27)25-15-17-7-10-21(28-2)22(13-17)29-3/h5-14H,4,15H2,1-3H3,(H,24,26)(H,25,27). The van der Waals surface area contributed by atoms with E-state index in [4.69, 9.17) is 9.47 Å². The van der Waals surface area contributed by atoms with Crippen LogP contribution in [0.2, 0.25) is 0 Å². The summed E-state index contributed by atoms with van der Waals surface area (Å²) >= 11 is 0. The Labute approximate surface area is 170 Å². The lowest BCUT2D eigenvalue weighted by molar-refractivity contribution is 0.0946. The molecule has 0 atom stereocenters. The zero-order valence-electron chi connectivity index (χ0n) is 16.9. The lowest BCUT2D eigenvalue weighted by Crippen LogP contribution is -2.23. The van der Waals surface area contributed by atoms with E-state index < -0.39 is 0 Å². The second kappa shape index (κ2) is 9.59. The molecule has 6 heteroatoms. The molecule has 0 aliphatic heterocycles. The number of pyridine rings is 1. The lowest BCUT2D eigenvalue weighted by Gasteiger charge is -2.11. The van der Waals surface area contributed by atoms with Crippen molar-refractivity contribution in [2.24, 2.45) is 0 Å². The molecule has 2 aromatic carbocycles. The van der Waals surface area contributed by atoms with E-state index in [1.54, 1.807) is 26.5 Å². The Balaban J connectivity index is 1.64. The highest BCUT2D eigenvalue weighted by Gasteiger charge is 2.10. The van der Waals surface area contributed by atoms with Crippen LogP contribution in [0.25, 0.3) is 0 Å². The SMILES string of the molecule is CCc1ccc(Nc2ccnc(C(=O)NCc3ccc(OC)c(OC)c3)c2)cc1. The highest BCUT2D eigenvalue weighted by molar-refractivity contribution is 5.93. The molecule has 0 spiro atoms. The van der Waals surface area contributed by atoms with Crippen molar-refractivity contribution >= 4 is 17.3 Å². The molecule has 1 heterocycles. The number of rotatable bonds is 8. The summed E-state index contributed by atoms with van der Waals surface area (Å²) in [5, 5.41) is 6.19. The van der Waals surface area contributed by atoms with Crippen LogP contribution >= 0.6 is 0 Å². The van der Waals surface area contributed by atoms with Gasteiger partial charge in [-0.3, -0.25) is 9.78 Å². The second-order valence-corrected chi connectivity index (χ2v) is 6.48. The first-order chi connectivity index (χ1) is 14.1. The average molecular weight is 391 g/mol. The Morgan fingerprint density at radius 3 is 2.31 bits per heavy atom. The van der Waals surface area contributed by atoms with Crippen LogP contribution in [0.3, 0.4) is 0 Å². The van der Waals surface area contributed by atoms with Gasteiger partial charge in [-0.05, 0) is 53.9 Å². The van der Waals surface area contributed by atoms with Crippen LogP contribution in [-0.4, -0.2) is 25.1 Å². The van der Waals surface area contributed by atoms with Gasteiger partial charge in [0.1, 0.15) is 5.69 Å². The summed E-state index contributed by atoms with van der Waals surface area (Å²) in [5.41, 5.74) is 4.30. The summed E-state index contributed by atoms with van der Waals surface area (Å²) in [6.45, 7) is 2.48. The molecule has 0 radical (unpaired) electrons. The van der Waals surface area contributed by atoms with Gasteiger partial charge >= 0.3 is 0 Å². The first-order valence-electron chi connectivity index (χ1n) is 9.44. The van der Waals surface area contributed by atoms with Crippen molar-refractivity contribution in [1.82, 2.24) is 10.3 Å². The number of benzene rings is 2. The Kier molecular flexibility index (Phi) is 6.68. The molecule has 150 valence electrons. The number of hydrogen-bond donors (Lipinski definition) is 2. The molecule has 1 aromatic heterocycles. The largest absolute Gasteiger partial charge is 0.493 e. The van der Waals surface area contributed by atoms with Gasteiger partial charge in [-0.25, -0.2) is 0 Å². The van der Waals surface area contributed by atoms with Crippen molar-refractivity contribution in [2.45, 2.75) is 19.9 Å². The van der Waals surface area contributed by atoms with Crippen LogP contribution in [0.15, 0.2) is 60.8 Å². The van der Waals surface area contributed by atoms with E-state index in [9.17, 15) is 4.79 Å². The molecular formula is C23H25N3O3. The van der Waals surface area contributed by atoms with Crippen molar-refractivity contribution in [3.63, 3.8) is 0 Å². The molecule has 0 saturated heterocycles. The fourth-order valence-corrected chi connectivity index (χ4v) is 2.89. The van der Waals surface area contributed by atoms with Gasteiger partial charge in [0, 0.05) is 24.1 Å². The van der Waals surface area contributed by atoms with Gasteiger partial charge in [-0.15, -0.1) is 0 Å². The van der Waals surface area contributed by atoms with Gasteiger partial charge < -0.3 is 20.1 Å².